The number of rotatable bonds is 2. The molecule has 110 valence electrons. The van der Waals surface area contributed by atoms with E-state index in [-0.39, 0.29) is 17.6 Å². The molecule has 2 aliphatic heterocycles. The molecule has 0 bridgehead atoms. The molecule has 4 heteroatoms. The minimum atomic E-state index is -0.281. The molecule has 3 unspecified atom stereocenters. The van der Waals surface area contributed by atoms with Crippen LogP contribution in [0.2, 0.25) is 0 Å². The summed E-state index contributed by atoms with van der Waals surface area (Å²) < 4.78 is 13.4. The fourth-order valence-electron chi connectivity index (χ4n) is 3.79. The third-order valence-corrected chi connectivity index (χ3v) is 4.92. The first-order chi connectivity index (χ1) is 9.56. The van der Waals surface area contributed by atoms with Crippen molar-refractivity contribution in [2.24, 2.45) is 0 Å². The van der Waals surface area contributed by atoms with Crippen molar-refractivity contribution in [1.29, 1.82) is 0 Å². The van der Waals surface area contributed by atoms with Crippen LogP contribution in [0.25, 0.3) is 0 Å². The van der Waals surface area contributed by atoms with Gasteiger partial charge in [0.1, 0.15) is 11.6 Å². The van der Waals surface area contributed by atoms with Crippen molar-refractivity contribution >= 4 is 0 Å². The van der Waals surface area contributed by atoms with E-state index in [0.29, 0.717) is 17.6 Å². The van der Waals surface area contributed by atoms with Crippen LogP contribution in [0.5, 0.6) is 5.75 Å². The van der Waals surface area contributed by atoms with Gasteiger partial charge in [0.05, 0.1) is 0 Å². The molecular formula is C16H23FN2O. The average Bonchev–Trinajstić information content (AvgIpc) is 2.87. The lowest BCUT2D eigenvalue weighted by atomic mass is 10.00. The Hall–Kier alpha value is -1.13. The molecule has 3 atom stereocenters. The van der Waals surface area contributed by atoms with Crippen molar-refractivity contribution in [3.63, 3.8) is 0 Å². The Morgan fingerprint density at radius 1 is 1.35 bits per heavy atom. The summed E-state index contributed by atoms with van der Waals surface area (Å²) in [6.45, 7) is 7.59. The summed E-state index contributed by atoms with van der Waals surface area (Å²) >= 11 is 0. The zero-order valence-corrected chi connectivity index (χ0v) is 12.2. The molecule has 2 heterocycles. The first kappa shape index (κ1) is 13.8. The van der Waals surface area contributed by atoms with E-state index in [1.54, 1.807) is 0 Å². The van der Waals surface area contributed by atoms with Crippen molar-refractivity contribution in [1.82, 2.24) is 9.80 Å². The fourth-order valence-corrected chi connectivity index (χ4v) is 3.79. The number of benzene rings is 1. The second kappa shape index (κ2) is 5.34. The molecule has 2 saturated heterocycles. The van der Waals surface area contributed by atoms with Gasteiger partial charge in [0, 0.05) is 36.8 Å². The maximum absolute atomic E-state index is 13.4. The van der Waals surface area contributed by atoms with E-state index in [1.807, 2.05) is 0 Å². The van der Waals surface area contributed by atoms with E-state index in [0.717, 1.165) is 13.1 Å². The number of piperazine rings is 1. The largest absolute Gasteiger partial charge is 0.508 e. The Kier molecular flexibility index (Phi) is 3.69. The van der Waals surface area contributed by atoms with Crippen molar-refractivity contribution in [3.8, 4) is 5.75 Å². The predicted octanol–water partition coefficient (Wildman–Crippen LogP) is 2.76. The quantitative estimate of drug-likeness (QED) is 0.901. The number of halogens is 1. The molecule has 0 aromatic heterocycles. The fraction of sp³-hybridized carbons (Fsp3) is 0.625. The van der Waals surface area contributed by atoms with Gasteiger partial charge in [0.2, 0.25) is 0 Å². The van der Waals surface area contributed by atoms with Crippen LogP contribution < -0.4 is 0 Å². The molecule has 2 aliphatic rings. The van der Waals surface area contributed by atoms with Crippen molar-refractivity contribution in [3.05, 3.63) is 29.6 Å². The second-order valence-corrected chi connectivity index (χ2v) is 6.22. The number of phenolic OH excluding ortho intramolecular Hbond substituents is 1. The highest BCUT2D eigenvalue weighted by atomic mass is 19.1. The Morgan fingerprint density at radius 2 is 2.15 bits per heavy atom. The van der Waals surface area contributed by atoms with E-state index in [9.17, 15) is 9.50 Å². The Bertz CT molecular complexity index is 493. The van der Waals surface area contributed by atoms with Gasteiger partial charge in [-0.1, -0.05) is 0 Å². The van der Waals surface area contributed by atoms with Crippen LogP contribution in [0.1, 0.15) is 38.3 Å². The van der Waals surface area contributed by atoms with Crippen molar-refractivity contribution < 1.29 is 9.50 Å². The van der Waals surface area contributed by atoms with E-state index in [2.05, 4.69) is 23.6 Å². The van der Waals surface area contributed by atoms with Gasteiger partial charge in [-0.3, -0.25) is 9.80 Å². The number of hydrogen-bond acceptors (Lipinski definition) is 3. The van der Waals surface area contributed by atoms with E-state index in [1.165, 1.54) is 37.6 Å². The Labute approximate surface area is 120 Å². The maximum atomic E-state index is 13.4. The molecule has 0 saturated carbocycles. The van der Waals surface area contributed by atoms with Gasteiger partial charge in [0.15, 0.2) is 0 Å². The van der Waals surface area contributed by atoms with Gasteiger partial charge < -0.3 is 5.11 Å². The topological polar surface area (TPSA) is 26.7 Å². The van der Waals surface area contributed by atoms with Crippen LogP contribution in [0.15, 0.2) is 18.2 Å². The number of aromatic hydroxyl groups is 1. The molecular weight excluding hydrogens is 255 g/mol. The monoisotopic (exact) mass is 278 g/mol. The van der Waals surface area contributed by atoms with Crippen LogP contribution in [-0.2, 0) is 0 Å². The first-order valence-corrected chi connectivity index (χ1v) is 7.54. The molecule has 3 rings (SSSR count). The van der Waals surface area contributed by atoms with Gasteiger partial charge in [-0.25, -0.2) is 4.39 Å². The summed E-state index contributed by atoms with van der Waals surface area (Å²) in [7, 11) is 0. The summed E-state index contributed by atoms with van der Waals surface area (Å²) in [5, 5.41) is 10.0. The van der Waals surface area contributed by atoms with E-state index < -0.39 is 0 Å². The minimum absolute atomic E-state index is 0.0449. The molecule has 20 heavy (non-hydrogen) atoms. The van der Waals surface area contributed by atoms with Gasteiger partial charge >= 0.3 is 0 Å². The maximum Gasteiger partial charge on any atom is 0.123 e. The Balaban J connectivity index is 1.82. The molecule has 3 nitrogen and oxygen atoms in total. The molecule has 0 spiro atoms. The SMILES string of the molecule is CC1CN2CCCC2CN1C(C)c1cc(F)ccc1O. The van der Waals surface area contributed by atoms with Crippen LogP contribution in [-0.4, -0.2) is 46.6 Å². The van der Waals surface area contributed by atoms with Crippen LogP contribution in [0, 0.1) is 5.82 Å². The summed E-state index contributed by atoms with van der Waals surface area (Å²) in [6, 6.07) is 5.34. The summed E-state index contributed by atoms with van der Waals surface area (Å²) in [5.41, 5.74) is 0.697. The molecule has 0 aliphatic carbocycles. The molecule has 1 aromatic rings. The van der Waals surface area contributed by atoms with Gasteiger partial charge in [-0.15, -0.1) is 0 Å². The number of nitrogens with zero attached hydrogens (tertiary/aromatic N) is 2. The lowest BCUT2D eigenvalue weighted by molar-refractivity contribution is 0.0318. The highest BCUT2D eigenvalue weighted by Gasteiger charge is 2.36. The van der Waals surface area contributed by atoms with Crippen LogP contribution in [0.3, 0.4) is 0 Å². The molecule has 1 N–H and O–H groups in total. The number of hydrogen-bond donors (Lipinski definition) is 1. The molecule has 1 aromatic carbocycles. The molecule has 0 radical (unpaired) electrons. The second-order valence-electron chi connectivity index (χ2n) is 6.22. The standard InChI is InChI=1S/C16H23FN2O/c1-11-9-18-7-3-4-14(18)10-19(11)12(2)15-8-13(17)5-6-16(15)20/h5-6,8,11-12,14,20H,3-4,7,9-10H2,1-2H3. The number of phenols is 1. The Morgan fingerprint density at radius 3 is 2.95 bits per heavy atom. The van der Waals surface area contributed by atoms with Crippen LogP contribution >= 0.6 is 0 Å². The highest BCUT2D eigenvalue weighted by Crippen LogP contribution is 2.34. The summed E-state index contributed by atoms with van der Waals surface area (Å²) in [4.78, 5) is 4.97. The molecule has 2 fully saturated rings. The lowest BCUT2D eigenvalue weighted by Gasteiger charge is -2.45. The van der Waals surface area contributed by atoms with Crippen molar-refractivity contribution in [2.75, 3.05) is 19.6 Å². The van der Waals surface area contributed by atoms with Gasteiger partial charge in [-0.2, -0.15) is 0 Å². The minimum Gasteiger partial charge on any atom is -0.508 e. The third-order valence-electron chi connectivity index (χ3n) is 4.92. The first-order valence-electron chi connectivity index (χ1n) is 7.54. The zero-order valence-electron chi connectivity index (χ0n) is 12.2. The summed E-state index contributed by atoms with van der Waals surface area (Å²) in [5.74, 6) is -0.0863. The number of fused-ring (bicyclic) bond motifs is 1. The highest BCUT2D eigenvalue weighted by molar-refractivity contribution is 5.35. The third kappa shape index (κ3) is 2.42. The van der Waals surface area contributed by atoms with E-state index in [4.69, 9.17) is 0 Å². The van der Waals surface area contributed by atoms with Gasteiger partial charge in [-0.05, 0) is 51.4 Å². The lowest BCUT2D eigenvalue weighted by Crippen LogP contribution is -2.55. The van der Waals surface area contributed by atoms with E-state index >= 15 is 0 Å². The normalized spacial score (nSPS) is 29.4. The zero-order chi connectivity index (χ0) is 14.3. The van der Waals surface area contributed by atoms with Gasteiger partial charge in [0.25, 0.3) is 0 Å². The average molecular weight is 278 g/mol. The van der Waals surface area contributed by atoms with Crippen molar-refractivity contribution in [2.45, 2.75) is 44.8 Å². The summed E-state index contributed by atoms with van der Waals surface area (Å²) in [6.07, 6.45) is 2.54. The molecule has 0 amide bonds. The smallest absolute Gasteiger partial charge is 0.123 e. The predicted molar refractivity (Wildman–Crippen MR) is 77.2 cm³/mol. The van der Waals surface area contributed by atoms with Crippen LogP contribution in [0.4, 0.5) is 4.39 Å².